The van der Waals surface area contributed by atoms with Gasteiger partial charge in [0.1, 0.15) is 0 Å². The second-order valence-electron chi connectivity index (χ2n) is 7.73. The lowest BCUT2D eigenvalue weighted by Gasteiger charge is -2.30. The first-order chi connectivity index (χ1) is 13.3. The third-order valence-corrected chi connectivity index (χ3v) is 11.7. The summed E-state index contributed by atoms with van der Waals surface area (Å²) < 4.78 is 43.9. The van der Waals surface area contributed by atoms with E-state index in [9.17, 15) is 28.5 Å². The van der Waals surface area contributed by atoms with Crippen LogP contribution < -0.4 is 5.73 Å². The van der Waals surface area contributed by atoms with Gasteiger partial charge in [-0.05, 0) is 13.0 Å². The molecular weight excluding hydrogens is 508 g/mol. The molecule has 0 radical (unpaired) electrons. The van der Waals surface area contributed by atoms with E-state index in [0.717, 1.165) is 0 Å². The van der Waals surface area contributed by atoms with Crippen molar-refractivity contribution in [2.75, 3.05) is 34.2 Å². The standard InChI is InChI=1S/C7H19NO7P2.C4H13NO7P2/c1-8(2,3)6-4-5-7(9,16(10,11)12)17(13,14)15;5-3-1-2-4(6,13(7,8)9)14(10,11)12/h9H,4-6H2,1-3H3,(H3-,10,11,12,13,14,15);6H,1-3,5H2,(H2,7,8,9)(H2,10,11,12)/p+1. The van der Waals surface area contributed by atoms with Gasteiger partial charge in [0.05, 0.1) is 27.7 Å². The molecule has 0 rings (SSSR count). The van der Waals surface area contributed by atoms with E-state index < -0.39 is 53.4 Å². The molecule has 0 amide bonds. The van der Waals surface area contributed by atoms with Crippen LogP contribution in [0.1, 0.15) is 25.7 Å². The van der Waals surface area contributed by atoms with Crippen LogP contribution in [-0.4, -0.2) is 98.2 Å². The van der Waals surface area contributed by atoms with Crippen LogP contribution >= 0.6 is 30.4 Å². The Balaban J connectivity index is 0. The lowest BCUT2D eigenvalue weighted by Crippen LogP contribution is -2.37. The molecule has 0 aromatic carbocycles. The second kappa shape index (κ2) is 11.2. The molecule has 0 aromatic heterocycles. The van der Waals surface area contributed by atoms with Crippen molar-refractivity contribution in [3.63, 3.8) is 0 Å². The van der Waals surface area contributed by atoms with Gasteiger partial charge in [0.15, 0.2) is 0 Å². The molecule has 0 bridgehead atoms. The van der Waals surface area contributed by atoms with E-state index in [2.05, 4.69) is 0 Å². The Hall–Kier alpha value is 0.440. The fourth-order valence-electron chi connectivity index (χ4n) is 2.05. The first-order valence-corrected chi connectivity index (χ1v) is 14.9. The van der Waals surface area contributed by atoms with E-state index in [-0.39, 0.29) is 19.4 Å². The predicted molar refractivity (Wildman–Crippen MR) is 108 cm³/mol. The Kier molecular flexibility index (Phi) is 12.2. The zero-order valence-corrected chi connectivity index (χ0v) is 20.7. The van der Waals surface area contributed by atoms with Gasteiger partial charge in [-0.15, -0.1) is 0 Å². The molecular formula is C11H33N2O14P4+. The number of rotatable bonds is 11. The fourth-order valence-corrected chi connectivity index (χ4v) is 6.56. The molecule has 20 heteroatoms. The summed E-state index contributed by atoms with van der Waals surface area (Å²) in [5, 5.41) is 12.2. The Labute approximate surface area is 178 Å². The number of quaternary nitrogens is 1. The lowest BCUT2D eigenvalue weighted by atomic mass is 10.3. The average molecular weight is 541 g/mol. The number of nitrogens with two attached hydrogens (primary N) is 1. The molecule has 12 N–H and O–H groups in total. The number of aliphatic hydroxyl groups is 2. The maximum Gasteiger partial charge on any atom is 0.369 e. The Morgan fingerprint density at radius 1 is 0.645 bits per heavy atom. The lowest BCUT2D eigenvalue weighted by molar-refractivity contribution is -0.870. The summed E-state index contributed by atoms with van der Waals surface area (Å²) >= 11 is 0. The molecule has 0 aliphatic rings. The number of nitrogens with zero attached hydrogens (tertiary/aromatic N) is 1. The molecule has 0 fully saturated rings. The van der Waals surface area contributed by atoms with Crippen molar-refractivity contribution in [3.8, 4) is 0 Å². The van der Waals surface area contributed by atoms with Crippen LogP contribution in [0.25, 0.3) is 0 Å². The maximum atomic E-state index is 11.0. The van der Waals surface area contributed by atoms with Gasteiger partial charge in [-0.1, -0.05) is 0 Å². The van der Waals surface area contributed by atoms with E-state index in [1.807, 2.05) is 21.1 Å². The van der Waals surface area contributed by atoms with E-state index in [1.54, 1.807) is 0 Å². The van der Waals surface area contributed by atoms with Crippen molar-refractivity contribution in [2.45, 2.75) is 35.8 Å². The van der Waals surface area contributed by atoms with Crippen molar-refractivity contribution in [1.29, 1.82) is 0 Å². The van der Waals surface area contributed by atoms with Crippen LogP contribution in [0.3, 0.4) is 0 Å². The molecule has 0 aromatic rings. The Morgan fingerprint density at radius 3 is 1.10 bits per heavy atom. The van der Waals surface area contributed by atoms with Crippen molar-refractivity contribution in [2.24, 2.45) is 5.73 Å². The monoisotopic (exact) mass is 541 g/mol. The van der Waals surface area contributed by atoms with Crippen molar-refractivity contribution in [1.82, 2.24) is 0 Å². The SMILES string of the molecule is C[N+](C)(C)CCCC(O)(P(=O)(O)O)P(=O)(O)O.NCCCC(O)(P(=O)(O)O)P(=O)(O)O. The van der Waals surface area contributed by atoms with Crippen LogP contribution in [0.5, 0.6) is 0 Å². The molecule has 0 heterocycles. The highest BCUT2D eigenvalue weighted by Gasteiger charge is 2.59. The molecule has 0 aliphatic carbocycles. The zero-order chi connectivity index (χ0) is 25.7. The highest BCUT2D eigenvalue weighted by atomic mass is 31.2. The average Bonchev–Trinajstić information content (AvgIpc) is 2.47. The molecule has 190 valence electrons. The molecule has 0 aliphatic heterocycles. The third-order valence-electron chi connectivity index (χ3n) is 3.92. The summed E-state index contributed by atoms with van der Waals surface area (Å²) in [5.74, 6) is 0. The number of hydrogen-bond acceptors (Lipinski definition) is 7. The van der Waals surface area contributed by atoms with Gasteiger partial charge in [0, 0.05) is 19.3 Å². The molecule has 0 unspecified atom stereocenters. The number of hydrogen-bond donors (Lipinski definition) is 11. The van der Waals surface area contributed by atoms with Crippen LogP contribution in [0.2, 0.25) is 0 Å². The third kappa shape index (κ3) is 10.1. The first kappa shape index (κ1) is 33.6. The summed E-state index contributed by atoms with van der Waals surface area (Å²) in [6, 6.07) is 0. The zero-order valence-electron chi connectivity index (χ0n) is 17.2. The topological polar surface area (TPSA) is 297 Å². The Morgan fingerprint density at radius 2 is 0.903 bits per heavy atom. The van der Waals surface area contributed by atoms with E-state index >= 15 is 0 Å². The normalized spacial score (nSPS) is 14.8. The van der Waals surface area contributed by atoms with E-state index in [1.165, 1.54) is 0 Å². The molecule has 0 saturated carbocycles. The van der Waals surface area contributed by atoms with Gasteiger partial charge in [-0.25, -0.2) is 0 Å². The fraction of sp³-hybridized carbons (Fsp3) is 1.00. The van der Waals surface area contributed by atoms with Crippen molar-refractivity contribution in [3.05, 3.63) is 0 Å². The highest BCUT2D eigenvalue weighted by molar-refractivity contribution is 7.72. The molecule has 0 saturated heterocycles. The van der Waals surface area contributed by atoms with Gasteiger partial charge < -0.3 is 59.6 Å². The molecule has 0 atom stereocenters. The van der Waals surface area contributed by atoms with Crippen LogP contribution in [-0.2, 0) is 18.3 Å². The quantitative estimate of drug-likeness (QED) is 0.102. The smallest absolute Gasteiger partial charge is 0.368 e. The molecule has 0 spiro atoms. The van der Waals surface area contributed by atoms with Gasteiger partial charge in [-0.3, -0.25) is 18.3 Å². The maximum absolute atomic E-state index is 11.0. The first-order valence-electron chi connectivity index (χ1n) is 8.45. The minimum atomic E-state index is -5.31. The van der Waals surface area contributed by atoms with Crippen molar-refractivity contribution >= 4 is 30.4 Å². The van der Waals surface area contributed by atoms with E-state index in [4.69, 9.17) is 44.9 Å². The summed E-state index contributed by atoms with van der Waals surface area (Å²) in [4.78, 5) is 70.0. The predicted octanol–water partition coefficient (Wildman–Crippen LogP) is -1.80. The van der Waals surface area contributed by atoms with Crippen LogP contribution in [0, 0.1) is 0 Å². The van der Waals surface area contributed by atoms with Gasteiger partial charge in [0.25, 0.3) is 10.2 Å². The van der Waals surface area contributed by atoms with Crippen molar-refractivity contribution < 1.29 is 72.1 Å². The summed E-state index contributed by atoms with van der Waals surface area (Å²) in [6.45, 7) is 0.380. The molecule has 16 nitrogen and oxygen atoms in total. The van der Waals surface area contributed by atoms with E-state index in [0.29, 0.717) is 11.0 Å². The minimum Gasteiger partial charge on any atom is -0.368 e. The summed E-state index contributed by atoms with van der Waals surface area (Å²) in [5.41, 5.74) is 5.01. The van der Waals surface area contributed by atoms with Crippen LogP contribution in [0.15, 0.2) is 0 Å². The minimum absolute atomic E-state index is 0.0394. The second-order valence-corrected chi connectivity index (χ2v) is 15.8. The molecule has 31 heavy (non-hydrogen) atoms. The summed E-state index contributed by atoms with van der Waals surface area (Å²) in [7, 11) is -15.8. The van der Waals surface area contributed by atoms with Gasteiger partial charge >= 0.3 is 30.4 Å². The van der Waals surface area contributed by atoms with Gasteiger partial charge in [-0.2, -0.15) is 0 Å². The Bertz CT molecular complexity index is 715. The summed E-state index contributed by atoms with van der Waals surface area (Å²) in [6.07, 6.45) is -1.43. The largest absolute Gasteiger partial charge is 0.369 e. The van der Waals surface area contributed by atoms with Gasteiger partial charge in [0.2, 0.25) is 0 Å². The highest BCUT2D eigenvalue weighted by Crippen LogP contribution is 2.70. The van der Waals surface area contributed by atoms with Crippen LogP contribution in [0.4, 0.5) is 0 Å².